The number of nitrogens with two attached hydrogens (primary N) is 1. The minimum Gasteiger partial charge on any atom is -0.365 e. The van der Waals surface area contributed by atoms with Gasteiger partial charge in [0.2, 0.25) is 0 Å². The van der Waals surface area contributed by atoms with Crippen molar-refractivity contribution in [1.82, 2.24) is 9.80 Å². The number of fused-ring (bicyclic) bond motifs is 1. The maximum atomic E-state index is 12.8. The Bertz CT molecular complexity index is 799. The van der Waals surface area contributed by atoms with Crippen molar-refractivity contribution in [1.29, 1.82) is 0 Å². The standard InChI is InChI=1S/C19H21N3O2S/c20-18(23)17-8-7-16(25-17)13-3-5-14(6-4-13)19(24)22-11-10-21-9-1-2-15(21)12-22/h3-8,15H,1-2,9-12H2,(H2,20,23). The van der Waals surface area contributed by atoms with Crippen molar-refractivity contribution in [2.45, 2.75) is 18.9 Å². The van der Waals surface area contributed by atoms with Crippen LogP contribution >= 0.6 is 11.3 Å². The average Bonchev–Trinajstić information content (AvgIpc) is 3.30. The summed E-state index contributed by atoms with van der Waals surface area (Å²) in [5.41, 5.74) is 7.03. The third-order valence-electron chi connectivity index (χ3n) is 5.14. The molecule has 6 heteroatoms. The molecule has 25 heavy (non-hydrogen) atoms. The van der Waals surface area contributed by atoms with Crippen molar-refractivity contribution in [2.24, 2.45) is 5.73 Å². The first-order chi connectivity index (χ1) is 12.1. The summed E-state index contributed by atoms with van der Waals surface area (Å²) >= 11 is 1.37. The van der Waals surface area contributed by atoms with Gasteiger partial charge in [0.15, 0.2) is 0 Å². The molecule has 2 fully saturated rings. The minimum absolute atomic E-state index is 0.113. The summed E-state index contributed by atoms with van der Waals surface area (Å²) in [5.74, 6) is -0.295. The van der Waals surface area contributed by atoms with E-state index < -0.39 is 5.91 Å². The molecule has 2 saturated heterocycles. The number of amides is 2. The van der Waals surface area contributed by atoms with Gasteiger partial charge in [-0.3, -0.25) is 14.5 Å². The molecule has 130 valence electrons. The third kappa shape index (κ3) is 3.19. The molecule has 2 aliphatic rings. The Morgan fingerprint density at radius 3 is 2.56 bits per heavy atom. The van der Waals surface area contributed by atoms with Crippen molar-refractivity contribution < 1.29 is 9.59 Å². The van der Waals surface area contributed by atoms with Gasteiger partial charge >= 0.3 is 0 Å². The Morgan fingerprint density at radius 1 is 1.04 bits per heavy atom. The summed E-state index contributed by atoms with van der Waals surface area (Å²) in [4.78, 5) is 30.0. The van der Waals surface area contributed by atoms with E-state index in [0.717, 1.165) is 35.6 Å². The maximum absolute atomic E-state index is 12.8. The fourth-order valence-electron chi connectivity index (χ4n) is 3.76. The van der Waals surface area contributed by atoms with Gasteiger partial charge in [0.05, 0.1) is 4.88 Å². The molecule has 0 spiro atoms. The predicted octanol–water partition coefficient (Wildman–Crippen LogP) is 2.43. The number of primary amides is 1. The lowest BCUT2D eigenvalue weighted by Crippen LogP contribution is -2.52. The van der Waals surface area contributed by atoms with Crippen LogP contribution in [0.3, 0.4) is 0 Å². The predicted molar refractivity (Wildman–Crippen MR) is 98.8 cm³/mol. The highest BCUT2D eigenvalue weighted by Gasteiger charge is 2.32. The summed E-state index contributed by atoms with van der Waals surface area (Å²) in [5, 5.41) is 0. The Hall–Kier alpha value is -2.18. The fourth-order valence-corrected chi connectivity index (χ4v) is 4.62. The highest BCUT2D eigenvalue weighted by Crippen LogP contribution is 2.28. The molecule has 2 aromatic rings. The number of hydrogen-bond acceptors (Lipinski definition) is 4. The molecule has 0 bridgehead atoms. The second-order valence-corrected chi connectivity index (χ2v) is 7.77. The fraction of sp³-hybridized carbons (Fsp3) is 0.368. The Kier molecular flexibility index (Phi) is 4.31. The zero-order valence-electron chi connectivity index (χ0n) is 14.0. The molecule has 0 radical (unpaired) electrons. The Balaban J connectivity index is 1.47. The second kappa shape index (κ2) is 6.61. The average molecular weight is 355 g/mol. The molecule has 5 nitrogen and oxygen atoms in total. The zero-order chi connectivity index (χ0) is 17.4. The lowest BCUT2D eigenvalue weighted by atomic mass is 10.1. The van der Waals surface area contributed by atoms with E-state index in [1.807, 2.05) is 35.2 Å². The van der Waals surface area contributed by atoms with Crippen LogP contribution in [0.25, 0.3) is 10.4 Å². The zero-order valence-corrected chi connectivity index (χ0v) is 14.8. The smallest absolute Gasteiger partial charge is 0.258 e. The van der Waals surface area contributed by atoms with Crippen molar-refractivity contribution in [3.8, 4) is 10.4 Å². The van der Waals surface area contributed by atoms with E-state index in [0.29, 0.717) is 10.9 Å². The van der Waals surface area contributed by atoms with Crippen LogP contribution in [0.15, 0.2) is 36.4 Å². The molecular weight excluding hydrogens is 334 g/mol. The largest absolute Gasteiger partial charge is 0.365 e. The van der Waals surface area contributed by atoms with Gasteiger partial charge in [0.25, 0.3) is 11.8 Å². The normalized spacial score (nSPS) is 20.5. The molecule has 1 aromatic carbocycles. The molecule has 2 amide bonds. The summed E-state index contributed by atoms with van der Waals surface area (Å²) in [6.45, 7) is 3.81. The van der Waals surface area contributed by atoms with Crippen molar-refractivity contribution in [3.63, 3.8) is 0 Å². The molecule has 1 aromatic heterocycles. The van der Waals surface area contributed by atoms with Gasteiger partial charge in [-0.25, -0.2) is 0 Å². The molecule has 1 unspecified atom stereocenters. The van der Waals surface area contributed by atoms with Gasteiger partial charge in [-0.05, 0) is 49.2 Å². The van der Waals surface area contributed by atoms with Crippen molar-refractivity contribution in [2.75, 3.05) is 26.2 Å². The summed E-state index contributed by atoms with van der Waals surface area (Å²) in [6, 6.07) is 11.8. The van der Waals surface area contributed by atoms with E-state index in [1.165, 1.54) is 30.7 Å². The third-order valence-corrected chi connectivity index (χ3v) is 6.29. The van der Waals surface area contributed by atoms with E-state index in [-0.39, 0.29) is 5.91 Å². The molecular formula is C19H21N3O2S. The van der Waals surface area contributed by atoms with Crippen LogP contribution in [0, 0.1) is 0 Å². The van der Waals surface area contributed by atoms with Gasteiger partial charge in [-0.1, -0.05) is 12.1 Å². The Morgan fingerprint density at radius 2 is 1.84 bits per heavy atom. The van der Waals surface area contributed by atoms with Crippen LogP contribution in [-0.4, -0.2) is 53.8 Å². The number of piperazine rings is 1. The molecule has 1 atom stereocenters. The topological polar surface area (TPSA) is 66.6 Å². The quantitative estimate of drug-likeness (QED) is 0.920. The number of nitrogens with zero attached hydrogens (tertiary/aromatic N) is 2. The second-order valence-electron chi connectivity index (χ2n) is 6.69. The molecule has 0 aliphatic carbocycles. The van der Waals surface area contributed by atoms with Crippen LogP contribution in [0.1, 0.15) is 32.9 Å². The molecule has 0 saturated carbocycles. The first-order valence-corrected chi connectivity index (χ1v) is 9.47. The summed E-state index contributed by atoms with van der Waals surface area (Å²) < 4.78 is 0. The molecule has 2 N–H and O–H groups in total. The summed E-state index contributed by atoms with van der Waals surface area (Å²) in [6.07, 6.45) is 2.44. The van der Waals surface area contributed by atoms with E-state index in [9.17, 15) is 9.59 Å². The first-order valence-electron chi connectivity index (χ1n) is 8.65. The van der Waals surface area contributed by atoms with Crippen molar-refractivity contribution in [3.05, 3.63) is 46.8 Å². The van der Waals surface area contributed by atoms with Gasteiger partial charge < -0.3 is 10.6 Å². The van der Waals surface area contributed by atoms with Gasteiger partial charge in [0, 0.05) is 36.1 Å². The van der Waals surface area contributed by atoms with Gasteiger partial charge in [-0.15, -0.1) is 11.3 Å². The van der Waals surface area contributed by atoms with Gasteiger partial charge in [-0.2, -0.15) is 0 Å². The van der Waals surface area contributed by atoms with E-state index in [2.05, 4.69) is 4.90 Å². The van der Waals surface area contributed by atoms with E-state index in [4.69, 9.17) is 5.73 Å². The molecule has 4 rings (SSSR count). The number of rotatable bonds is 3. The van der Waals surface area contributed by atoms with Crippen LogP contribution in [-0.2, 0) is 0 Å². The lowest BCUT2D eigenvalue weighted by Gasteiger charge is -2.37. The number of carbonyl (C=O) groups excluding carboxylic acids is 2. The van der Waals surface area contributed by atoms with E-state index in [1.54, 1.807) is 6.07 Å². The van der Waals surface area contributed by atoms with Crippen LogP contribution in [0.5, 0.6) is 0 Å². The number of thiophene rings is 1. The monoisotopic (exact) mass is 355 g/mol. The number of benzene rings is 1. The SMILES string of the molecule is NC(=O)c1ccc(-c2ccc(C(=O)N3CCN4CCCC4C3)cc2)s1. The van der Waals surface area contributed by atoms with Crippen LogP contribution < -0.4 is 5.73 Å². The highest BCUT2D eigenvalue weighted by molar-refractivity contribution is 7.17. The molecule has 3 heterocycles. The highest BCUT2D eigenvalue weighted by atomic mass is 32.1. The molecule has 2 aliphatic heterocycles. The van der Waals surface area contributed by atoms with Crippen LogP contribution in [0.4, 0.5) is 0 Å². The van der Waals surface area contributed by atoms with Crippen molar-refractivity contribution >= 4 is 23.2 Å². The Labute approximate surface area is 151 Å². The lowest BCUT2D eigenvalue weighted by molar-refractivity contribution is 0.0571. The summed E-state index contributed by atoms with van der Waals surface area (Å²) in [7, 11) is 0. The van der Waals surface area contributed by atoms with E-state index >= 15 is 0 Å². The first kappa shape index (κ1) is 16.3. The number of hydrogen-bond donors (Lipinski definition) is 1. The van der Waals surface area contributed by atoms with Crippen LogP contribution in [0.2, 0.25) is 0 Å². The van der Waals surface area contributed by atoms with Gasteiger partial charge in [0.1, 0.15) is 0 Å². The minimum atomic E-state index is -0.408. The number of carbonyl (C=O) groups is 2. The maximum Gasteiger partial charge on any atom is 0.258 e.